The highest BCUT2D eigenvalue weighted by atomic mass is 32.2. The Morgan fingerprint density at radius 1 is 1.16 bits per heavy atom. The molecule has 0 aliphatic heterocycles. The van der Waals surface area contributed by atoms with Crippen molar-refractivity contribution in [2.24, 2.45) is 0 Å². The minimum absolute atomic E-state index is 0.00428. The zero-order valence-electron chi connectivity index (χ0n) is 19.4. The van der Waals surface area contributed by atoms with Crippen molar-refractivity contribution in [2.75, 3.05) is 14.1 Å². The van der Waals surface area contributed by atoms with E-state index in [1.54, 1.807) is 14.1 Å². The van der Waals surface area contributed by atoms with Gasteiger partial charge in [0.05, 0.1) is 11.3 Å². The van der Waals surface area contributed by atoms with Gasteiger partial charge in [-0.05, 0) is 29.7 Å². The monoisotopic (exact) mass is 561 g/mol. The fraction of sp³-hybridized carbons (Fsp3) is 0.318. The number of aromatic nitrogens is 1. The van der Waals surface area contributed by atoms with Gasteiger partial charge in [0.15, 0.2) is 0 Å². The number of carbonyl (C=O) groups excluding carboxylic acids is 1. The Labute approximate surface area is 213 Å². The third-order valence-electron chi connectivity index (χ3n) is 5.25. The lowest BCUT2D eigenvalue weighted by Gasteiger charge is -2.10. The number of rotatable bonds is 7. The average molecular weight is 562 g/mol. The van der Waals surface area contributed by atoms with Crippen molar-refractivity contribution in [1.82, 2.24) is 14.8 Å². The van der Waals surface area contributed by atoms with Crippen LogP contribution in [0.5, 0.6) is 0 Å². The molecule has 1 amide bonds. The van der Waals surface area contributed by atoms with Crippen molar-refractivity contribution in [1.29, 1.82) is 0 Å². The van der Waals surface area contributed by atoms with Crippen molar-refractivity contribution in [3.63, 3.8) is 0 Å². The highest BCUT2D eigenvalue weighted by Gasteiger charge is 2.42. The van der Waals surface area contributed by atoms with Gasteiger partial charge in [-0.3, -0.25) is 4.79 Å². The standard InChI is InChI=1S/C21H20F3N3O4S2.CH2O3/c1-27(2)19(28)9-12-3-5-13(6-4-12)14-10-15(14)26-33(29,30)20-8-7-17(32-20)16-11-18(31-25-16)21(22,23)24;2-1(3)4/h3-8,11,14-15,26H,9-10H2,1-2H3;(H2,2,3,4)/t14-,15+;/m0./s1. The lowest BCUT2D eigenvalue weighted by Crippen LogP contribution is -2.26. The molecule has 4 rings (SSSR count). The number of nitrogens with zero attached hydrogens (tertiary/aromatic N) is 2. The summed E-state index contributed by atoms with van der Waals surface area (Å²) in [6.07, 6.45) is -5.57. The summed E-state index contributed by atoms with van der Waals surface area (Å²) in [6.45, 7) is 0. The first-order chi connectivity index (χ1) is 17.2. The first-order valence-corrected chi connectivity index (χ1v) is 12.8. The predicted molar refractivity (Wildman–Crippen MR) is 126 cm³/mol. The molecule has 15 heteroatoms. The summed E-state index contributed by atoms with van der Waals surface area (Å²) < 4.78 is 70.5. The maximum atomic E-state index is 12.7. The minimum atomic E-state index is -4.67. The highest BCUT2D eigenvalue weighted by Crippen LogP contribution is 2.42. The van der Waals surface area contributed by atoms with Crippen LogP contribution in [-0.2, 0) is 27.4 Å². The molecule has 1 aliphatic rings. The summed E-state index contributed by atoms with van der Waals surface area (Å²) in [4.78, 5) is 22.1. The number of thiophene rings is 1. The molecule has 1 saturated carbocycles. The topological polar surface area (TPSA) is 150 Å². The van der Waals surface area contributed by atoms with E-state index >= 15 is 0 Å². The van der Waals surface area contributed by atoms with Gasteiger partial charge in [0.1, 0.15) is 9.90 Å². The molecule has 37 heavy (non-hydrogen) atoms. The second kappa shape index (κ2) is 10.9. The van der Waals surface area contributed by atoms with Crippen LogP contribution in [0.2, 0.25) is 0 Å². The zero-order valence-corrected chi connectivity index (χ0v) is 21.0. The Kier molecular flexibility index (Phi) is 8.29. The number of amides is 1. The maximum absolute atomic E-state index is 12.7. The molecule has 1 aromatic carbocycles. The van der Waals surface area contributed by atoms with Crippen LogP contribution in [0.3, 0.4) is 0 Å². The van der Waals surface area contributed by atoms with Crippen molar-refractivity contribution in [3.8, 4) is 10.6 Å². The van der Waals surface area contributed by atoms with Gasteiger partial charge >= 0.3 is 12.3 Å². The van der Waals surface area contributed by atoms with Crippen LogP contribution in [0.1, 0.15) is 29.2 Å². The van der Waals surface area contributed by atoms with Gasteiger partial charge in [-0.25, -0.2) is 17.9 Å². The van der Waals surface area contributed by atoms with Gasteiger partial charge in [-0.2, -0.15) is 13.2 Å². The molecule has 0 radical (unpaired) electrons. The second-order valence-corrected chi connectivity index (χ2v) is 11.3. The number of nitrogens with one attached hydrogen (secondary N) is 1. The molecule has 3 N–H and O–H groups in total. The van der Waals surface area contributed by atoms with E-state index in [2.05, 4.69) is 14.4 Å². The molecule has 2 heterocycles. The molecule has 3 aromatic rings. The fourth-order valence-electron chi connectivity index (χ4n) is 3.29. The smallest absolute Gasteiger partial charge is 0.450 e. The Bertz CT molecular complexity index is 1360. The molecule has 0 unspecified atom stereocenters. The van der Waals surface area contributed by atoms with E-state index in [9.17, 15) is 26.4 Å². The van der Waals surface area contributed by atoms with Crippen LogP contribution in [0, 0.1) is 0 Å². The lowest BCUT2D eigenvalue weighted by molar-refractivity contribution is -0.155. The van der Waals surface area contributed by atoms with E-state index in [4.69, 9.17) is 15.0 Å². The Hall–Kier alpha value is -3.43. The molecule has 0 saturated heterocycles. The van der Waals surface area contributed by atoms with Gasteiger partial charge in [0.2, 0.25) is 21.7 Å². The lowest BCUT2D eigenvalue weighted by atomic mass is 10.1. The largest absolute Gasteiger partial charge is 0.503 e. The van der Waals surface area contributed by atoms with E-state index < -0.39 is 28.1 Å². The van der Waals surface area contributed by atoms with Crippen molar-refractivity contribution in [3.05, 3.63) is 59.4 Å². The minimum Gasteiger partial charge on any atom is -0.450 e. The first-order valence-electron chi connectivity index (χ1n) is 10.5. The number of hydrogen-bond acceptors (Lipinski definition) is 7. The molecule has 2 aromatic heterocycles. The Balaban J connectivity index is 0.000000886. The number of carboxylic acid groups (broad SMARTS) is 2. The van der Waals surface area contributed by atoms with Crippen molar-refractivity contribution < 1.29 is 45.9 Å². The maximum Gasteiger partial charge on any atom is 0.503 e. The van der Waals surface area contributed by atoms with Gasteiger partial charge < -0.3 is 19.6 Å². The molecule has 200 valence electrons. The van der Waals surface area contributed by atoms with Crippen molar-refractivity contribution in [2.45, 2.75) is 35.2 Å². The summed E-state index contributed by atoms with van der Waals surface area (Å²) in [5.41, 5.74) is 1.77. The summed E-state index contributed by atoms with van der Waals surface area (Å²) in [7, 11) is -0.454. The number of halogens is 3. The fourth-order valence-corrected chi connectivity index (χ4v) is 5.86. The summed E-state index contributed by atoms with van der Waals surface area (Å²) >= 11 is 0.817. The molecular formula is C22H22F3N3O7S2. The van der Waals surface area contributed by atoms with E-state index in [0.29, 0.717) is 12.8 Å². The summed E-state index contributed by atoms with van der Waals surface area (Å²) in [6, 6.07) is 10.7. The summed E-state index contributed by atoms with van der Waals surface area (Å²) in [5, 5.41) is 17.3. The number of sulfonamides is 1. The molecule has 0 bridgehead atoms. The van der Waals surface area contributed by atoms with Crippen molar-refractivity contribution >= 4 is 33.4 Å². The van der Waals surface area contributed by atoms with Crippen LogP contribution >= 0.6 is 11.3 Å². The highest BCUT2D eigenvalue weighted by molar-refractivity contribution is 7.91. The van der Waals surface area contributed by atoms with Gasteiger partial charge in [-0.1, -0.05) is 29.4 Å². The number of carbonyl (C=O) groups is 2. The summed E-state index contributed by atoms with van der Waals surface area (Å²) in [5.74, 6) is -1.23. The molecule has 0 spiro atoms. The third kappa shape index (κ3) is 7.53. The quantitative estimate of drug-likeness (QED) is 0.390. The second-order valence-electron chi connectivity index (χ2n) is 8.25. The van der Waals surface area contributed by atoms with Crippen LogP contribution in [-0.4, -0.2) is 60.9 Å². The predicted octanol–water partition coefficient (Wildman–Crippen LogP) is 4.11. The first kappa shape index (κ1) is 28.1. The van der Waals surface area contributed by atoms with Gasteiger partial charge in [0, 0.05) is 32.1 Å². The molecule has 1 aliphatic carbocycles. The van der Waals surface area contributed by atoms with E-state index in [1.807, 2.05) is 24.3 Å². The van der Waals surface area contributed by atoms with Crippen LogP contribution in [0.15, 0.2) is 51.2 Å². The molecule has 1 fully saturated rings. The molecule has 10 nitrogen and oxygen atoms in total. The van der Waals surface area contributed by atoms with Gasteiger partial charge in [0.25, 0.3) is 0 Å². The van der Waals surface area contributed by atoms with E-state index in [1.165, 1.54) is 17.0 Å². The number of hydrogen-bond donors (Lipinski definition) is 3. The Morgan fingerprint density at radius 3 is 2.32 bits per heavy atom. The van der Waals surface area contributed by atoms with Crippen LogP contribution in [0.25, 0.3) is 10.6 Å². The number of alkyl halides is 3. The average Bonchev–Trinajstić information content (AvgIpc) is 3.18. The molecule has 2 atom stereocenters. The SMILES string of the molecule is CN(C)C(=O)Cc1ccc([C@@H]2C[C@H]2NS(=O)(=O)c2ccc(-c3cc(C(F)(F)F)on3)s2)cc1.O=C(O)O. The normalized spacial score (nSPS) is 17.0. The van der Waals surface area contributed by atoms with Gasteiger partial charge in [-0.15, -0.1) is 11.3 Å². The van der Waals surface area contributed by atoms with Crippen LogP contribution in [0.4, 0.5) is 18.0 Å². The number of likely N-dealkylation sites (N-methyl/N-ethyl adjacent to an activating group) is 1. The molecular weight excluding hydrogens is 539 g/mol. The third-order valence-corrected chi connectivity index (χ3v) is 8.34. The zero-order chi connectivity index (χ0) is 27.5. The number of benzene rings is 1. The Morgan fingerprint density at radius 2 is 1.78 bits per heavy atom. The van der Waals surface area contributed by atoms with E-state index in [-0.39, 0.29) is 32.6 Å². The van der Waals surface area contributed by atoms with Crippen LogP contribution < -0.4 is 4.72 Å². The van der Waals surface area contributed by atoms with E-state index in [0.717, 1.165) is 28.5 Å².